The van der Waals surface area contributed by atoms with E-state index in [9.17, 15) is 4.79 Å². The summed E-state index contributed by atoms with van der Waals surface area (Å²) in [6, 6.07) is 4.07. The molecule has 2 atom stereocenters. The van der Waals surface area contributed by atoms with Gasteiger partial charge < -0.3 is 10.8 Å². The van der Waals surface area contributed by atoms with Crippen molar-refractivity contribution in [2.45, 2.75) is 48.9 Å². The molecule has 1 heterocycles. The van der Waals surface area contributed by atoms with Crippen LogP contribution in [0.2, 0.25) is 0 Å². The Morgan fingerprint density at radius 1 is 1.56 bits per heavy atom. The Morgan fingerprint density at radius 3 is 2.83 bits per heavy atom. The summed E-state index contributed by atoms with van der Waals surface area (Å²) in [5, 5.41) is 10.3. The maximum Gasteiger partial charge on any atom is 0.323 e. The first-order valence-electron chi connectivity index (χ1n) is 6.03. The number of hydrogen-bond acceptors (Lipinski definition) is 4. The largest absolute Gasteiger partial charge is 0.480 e. The number of pyridine rings is 1. The summed E-state index contributed by atoms with van der Waals surface area (Å²) in [5.74, 6) is -0.890. The second-order valence-corrected chi connectivity index (χ2v) is 6.39. The van der Waals surface area contributed by atoms with Crippen molar-refractivity contribution in [3.63, 3.8) is 0 Å². The van der Waals surface area contributed by atoms with Crippen LogP contribution in [0.5, 0.6) is 0 Å². The molecule has 98 valence electrons. The van der Waals surface area contributed by atoms with Crippen LogP contribution in [0.3, 0.4) is 0 Å². The Morgan fingerprint density at radius 2 is 2.28 bits per heavy atom. The molecule has 0 aromatic carbocycles. The number of hydrogen-bond donors (Lipinski definition) is 2. The van der Waals surface area contributed by atoms with Gasteiger partial charge in [-0.3, -0.25) is 4.79 Å². The van der Waals surface area contributed by atoms with E-state index in [1.165, 1.54) is 5.56 Å². The van der Waals surface area contributed by atoms with Crippen molar-refractivity contribution < 1.29 is 9.90 Å². The SMILES string of the molecule is Cc1cc(C)nc(SC2CCC(N)(C(=O)O)C2)c1. The number of carbonyl (C=O) groups is 1. The van der Waals surface area contributed by atoms with E-state index in [-0.39, 0.29) is 5.25 Å². The smallest absolute Gasteiger partial charge is 0.323 e. The molecule has 0 spiro atoms. The topological polar surface area (TPSA) is 76.2 Å². The predicted octanol–water partition coefficient (Wildman–Crippen LogP) is 2.13. The molecule has 1 saturated carbocycles. The van der Waals surface area contributed by atoms with Gasteiger partial charge >= 0.3 is 5.97 Å². The minimum Gasteiger partial charge on any atom is -0.480 e. The van der Waals surface area contributed by atoms with E-state index in [1.807, 2.05) is 26.0 Å². The molecule has 0 amide bonds. The summed E-state index contributed by atoms with van der Waals surface area (Å²) < 4.78 is 0. The number of aryl methyl sites for hydroxylation is 2. The molecule has 0 saturated heterocycles. The van der Waals surface area contributed by atoms with E-state index in [2.05, 4.69) is 4.98 Å². The Hall–Kier alpha value is -1.07. The highest BCUT2D eigenvalue weighted by atomic mass is 32.2. The van der Waals surface area contributed by atoms with Gasteiger partial charge in [-0.05, 0) is 50.8 Å². The van der Waals surface area contributed by atoms with Gasteiger partial charge in [0.05, 0.1) is 5.03 Å². The summed E-state index contributed by atoms with van der Waals surface area (Å²) in [6.45, 7) is 4.01. The zero-order valence-electron chi connectivity index (χ0n) is 10.6. The van der Waals surface area contributed by atoms with Crippen molar-refractivity contribution >= 4 is 17.7 Å². The van der Waals surface area contributed by atoms with Crippen LogP contribution in [0.25, 0.3) is 0 Å². The maximum atomic E-state index is 11.1. The molecule has 3 N–H and O–H groups in total. The van der Waals surface area contributed by atoms with Crippen molar-refractivity contribution in [2.75, 3.05) is 0 Å². The van der Waals surface area contributed by atoms with Crippen molar-refractivity contribution in [3.8, 4) is 0 Å². The van der Waals surface area contributed by atoms with E-state index in [0.29, 0.717) is 12.8 Å². The van der Waals surface area contributed by atoms with Gasteiger partial charge in [0.25, 0.3) is 0 Å². The molecule has 1 aromatic heterocycles. The van der Waals surface area contributed by atoms with Gasteiger partial charge in [0.15, 0.2) is 0 Å². The molecule has 1 fully saturated rings. The molecule has 5 heteroatoms. The first-order chi connectivity index (χ1) is 8.39. The van der Waals surface area contributed by atoms with Gasteiger partial charge in [-0.1, -0.05) is 0 Å². The van der Waals surface area contributed by atoms with Gasteiger partial charge in [-0.25, -0.2) is 4.98 Å². The lowest BCUT2D eigenvalue weighted by atomic mass is 10.0. The van der Waals surface area contributed by atoms with Crippen molar-refractivity contribution in [1.29, 1.82) is 0 Å². The number of nitrogens with zero attached hydrogens (tertiary/aromatic N) is 1. The third kappa shape index (κ3) is 2.84. The molecule has 0 aliphatic heterocycles. The molecule has 0 bridgehead atoms. The van der Waals surface area contributed by atoms with Crippen LogP contribution < -0.4 is 5.73 Å². The molecule has 1 aliphatic rings. The normalized spacial score (nSPS) is 27.4. The Kier molecular flexibility index (Phi) is 3.64. The van der Waals surface area contributed by atoms with Crippen LogP contribution in [-0.4, -0.2) is 26.8 Å². The second-order valence-electron chi connectivity index (χ2n) is 5.07. The monoisotopic (exact) mass is 266 g/mol. The minimum atomic E-state index is -1.05. The highest BCUT2D eigenvalue weighted by molar-refractivity contribution is 7.99. The fourth-order valence-corrected chi connectivity index (χ4v) is 3.77. The number of rotatable bonds is 3. The lowest BCUT2D eigenvalue weighted by molar-refractivity contribution is -0.143. The number of carboxylic acids is 1. The van der Waals surface area contributed by atoms with Crippen LogP contribution >= 0.6 is 11.8 Å². The third-order valence-electron chi connectivity index (χ3n) is 3.29. The molecular weight excluding hydrogens is 248 g/mol. The van der Waals surface area contributed by atoms with Crippen LogP contribution in [0.4, 0.5) is 0 Å². The average Bonchev–Trinajstić information content (AvgIpc) is 2.60. The van der Waals surface area contributed by atoms with Crippen LogP contribution in [-0.2, 0) is 4.79 Å². The Labute approximate surface area is 111 Å². The number of carboxylic acid groups (broad SMARTS) is 1. The van der Waals surface area contributed by atoms with Crippen molar-refractivity contribution in [2.24, 2.45) is 5.73 Å². The standard InChI is InChI=1S/C13H18N2O2S/c1-8-5-9(2)15-11(6-8)18-10-3-4-13(14,7-10)12(16)17/h5-6,10H,3-4,7,14H2,1-2H3,(H,16,17). The van der Waals surface area contributed by atoms with E-state index in [4.69, 9.17) is 10.8 Å². The number of nitrogens with two attached hydrogens (primary N) is 1. The molecule has 2 unspecified atom stereocenters. The lowest BCUT2D eigenvalue weighted by Gasteiger charge is -2.17. The zero-order valence-corrected chi connectivity index (χ0v) is 11.5. The second kappa shape index (κ2) is 4.90. The van der Waals surface area contributed by atoms with E-state index in [1.54, 1.807) is 11.8 Å². The fraction of sp³-hybridized carbons (Fsp3) is 0.538. The lowest BCUT2D eigenvalue weighted by Crippen LogP contribution is -2.45. The summed E-state index contributed by atoms with van der Waals surface area (Å²) in [6.07, 6.45) is 1.90. The first kappa shape index (κ1) is 13.4. The Balaban J connectivity index is 2.06. The summed E-state index contributed by atoms with van der Waals surface area (Å²) in [5.41, 5.74) is 7.00. The quantitative estimate of drug-likeness (QED) is 0.876. The molecular formula is C13H18N2O2S. The van der Waals surface area contributed by atoms with E-state index < -0.39 is 11.5 Å². The highest BCUT2D eigenvalue weighted by Crippen LogP contribution is 2.38. The highest BCUT2D eigenvalue weighted by Gasteiger charge is 2.42. The fourth-order valence-electron chi connectivity index (χ4n) is 2.36. The van der Waals surface area contributed by atoms with Crippen molar-refractivity contribution in [1.82, 2.24) is 4.98 Å². The minimum absolute atomic E-state index is 0.250. The number of thioether (sulfide) groups is 1. The average molecular weight is 266 g/mol. The van der Waals surface area contributed by atoms with Crippen LogP contribution in [0.1, 0.15) is 30.5 Å². The van der Waals surface area contributed by atoms with Gasteiger partial charge in [0, 0.05) is 10.9 Å². The van der Waals surface area contributed by atoms with E-state index >= 15 is 0 Å². The van der Waals surface area contributed by atoms with Gasteiger partial charge in [-0.15, -0.1) is 11.8 Å². The molecule has 4 nitrogen and oxygen atoms in total. The molecule has 18 heavy (non-hydrogen) atoms. The van der Waals surface area contributed by atoms with Gasteiger partial charge in [0.1, 0.15) is 5.54 Å². The number of aliphatic carboxylic acids is 1. The number of aromatic nitrogens is 1. The molecule has 1 aliphatic carbocycles. The van der Waals surface area contributed by atoms with E-state index in [0.717, 1.165) is 17.1 Å². The van der Waals surface area contributed by atoms with Gasteiger partial charge in [-0.2, -0.15) is 0 Å². The predicted molar refractivity (Wildman–Crippen MR) is 71.8 cm³/mol. The first-order valence-corrected chi connectivity index (χ1v) is 6.91. The Bertz CT molecular complexity index is 458. The summed E-state index contributed by atoms with van der Waals surface area (Å²) in [7, 11) is 0. The van der Waals surface area contributed by atoms with Crippen LogP contribution in [0.15, 0.2) is 17.2 Å². The summed E-state index contributed by atoms with van der Waals surface area (Å²) >= 11 is 1.64. The zero-order chi connectivity index (χ0) is 13.3. The molecule has 2 rings (SSSR count). The summed E-state index contributed by atoms with van der Waals surface area (Å²) in [4.78, 5) is 15.5. The third-order valence-corrected chi connectivity index (χ3v) is 4.48. The maximum absolute atomic E-state index is 11.1. The van der Waals surface area contributed by atoms with Crippen LogP contribution in [0, 0.1) is 13.8 Å². The van der Waals surface area contributed by atoms with Gasteiger partial charge in [0.2, 0.25) is 0 Å². The van der Waals surface area contributed by atoms with Crippen molar-refractivity contribution in [3.05, 3.63) is 23.4 Å². The molecule has 1 aromatic rings. The molecule has 0 radical (unpaired) electrons.